The van der Waals surface area contributed by atoms with Gasteiger partial charge >= 0.3 is 0 Å². The van der Waals surface area contributed by atoms with Crippen molar-refractivity contribution in [1.82, 2.24) is 4.98 Å². The third-order valence-electron chi connectivity index (χ3n) is 3.42. The Kier molecular flexibility index (Phi) is 3.44. The van der Waals surface area contributed by atoms with Gasteiger partial charge in [0.2, 0.25) is 0 Å². The van der Waals surface area contributed by atoms with E-state index in [-0.39, 0.29) is 5.41 Å². The summed E-state index contributed by atoms with van der Waals surface area (Å²) in [6, 6.07) is 7.99. The van der Waals surface area contributed by atoms with Crippen LogP contribution in [0.2, 0.25) is 0 Å². The fraction of sp³-hybridized carbons (Fsp3) is 0.412. The van der Waals surface area contributed by atoms with Crippen molar-refractivity contribution >= 4 is 17.2 Å². The van der Waals surface area contributed by atoms with E-state index in [4.69, 9.17) is 4.98 Å². The van der Waals surface area contributed by atoms with Gasteiger partial charge in [-0.1, -0.05) is 52.8 Å². The highest BCUT2D eigenvalue weighted by Gasteiger charge is 2.19. The van der Waals surface area contributed by atoms with Crippen LogP contribution < -0.4 is 0 Å². The normalized spacial score (nSPS) is 12.1. The Morgan fingerprint density at radius 1 is 1.21 bits per heavy atom. The SMILES string of the molecule is CC(C)c1cccc2c(C=O)cc(C(C)(C)C)nc12. The lowest BCUT2D eigenvalue weighted by atomic mass is 9.89. The molecule has 0 atom stereocenters. The first-order chi connectivity index (χ1) is 8.84. The second kappa shape index (κ2) is 4.76. The molecule has 100 valence electrons. The predicted molar refractivity (Wildman–Crippen MR) is 79.9 cm³/mol. The minimum atomic E-state index is -0.0595. The molecule has 0 aliphatic carbocycles. The fourth-order valence-corrected chi connectivity index (χ4v) is 2.24. The summed E-state index contributed by atoms with van der Waals surface area (Å²) in [7, 11) is 0. The van der Waals surface area contributed by atoms with Gasteiger partial charge in [0.25, 0.3) is 0 Å². The first kappa shape index (κ1) is 13.7. The van der Waals surface area contributed by atoms with Gasteiger partial charge in [-0.05, 0) is 17.5 Å². The number of aromatic nitrogens is 1. The third-order valence-corrected chi connectivity index (χ3v) is 3.42. The van der Waals surface area contributed by atoms with E-state index in [2.05, 4.69) is 40.7 Å². The monoisotopic (exact) mass is 255 g/mol. The molecule has 0 aliphatic rings. The number of hydrogen-bond donors (Lipinski definition) is 0. The zero-order chi connectivity index (χ0) is 14.2. The molecular formula is C17H21NO. The maximum atomic E-state index is 11.4. The van der Waals surface area contributed by atoms with Crippen LogP contribution in [0.25, 0.3) is 10.9 Å². The zero-order valence-corrected chi connectivity index (χ0v) is 12.3. The standard InChI is InChI=1S/C17H21NO/c1-11(2)13-7-6-8-14-12(10-19)9-15(17(3,4)5)18-16(13)14/h6-11H,1-5H3. The number of pyridine rings is 1. The maximum Gasteiger partial charge on any atom is 0.150 e. The lowest BCUT2D eigenvalue weighted by molar-refractivity contribution is 0.112. The summed E-state index contributed by atoms with van der Waals surface area (Å²) >= 11 is 0. The van der Waals surface area contributed by atoms with Crippen molar-refractivity contribution in [3.63, 3.8) is 0 Å². The summed E-state index contributed by atoms with van der Waals surface area (Å²) in [4.78, 5) is 16.2. The van der Waals surface area contributed by atoms with Crippen LogP contribution in [0.5, 0.6) is 0 Å². The molecule has 1 heterocycles. The summed E-state index contributed by atoms with van der Waals surface area (Å²) in [6.45, 7) is 10.7. The molecule has 0 saturated carbocycles. The number of carbonyl (C=O) groups is 1. The average molecular weight is 255 g/mol. The van der Waals surface area contributed by atoms with Gasteiger partial charge in [0.05, 0.1) is 5.52 Å². The van der Waals surface area contributed by atoms with Gasteiger partial charge in [-0.3, -0.25) is 9.78 Å². The lowest BCUT2D eigenvalue weighted by Crippen LogP contribution is -2.14. The Morgan fingerprint density at radius 3 is 2.42 bits per heavy atom. The molecule has 0 fully saturated rings. The summed E-state index contributed by atoms with van der Waals surface area (Å²) < 4.78 is 0. The van der Waals surface area contributed by atoms with Gasteiger partial charge < -0.3 is 0 Å². The van der Waals surface area contributed by atoms with E-state index in [9.17, 15) is 4.79 Å². The molecular weight excluding hydrogens is 234 g/mol. The van der Waals surface area contributed by atoms with Crippen molar-refractivity contribution in [2.45, 2.75) is 46.0 Å². The van der Waals surface area contributed by atoms with Crippen molar-refractivity contribution in [1.29, 1.82) is 0 Å². The van der Waals surface area contributed by atoms with Crippen LogP contribution >= 0.6 is 0 Å². The molecule has 0 aliphatic heterocycles. The van der Waals surface area contributed by atoms with Gasteiger partial charge in [0, 0.05) is 22.1 Å². The van der Waals surface area contributed by atoms with Gasteiger partial charge in [0.1, 0.15) is 0 Å². The summed E-state index contributed by atoms with van der Waals surface area (Å²) in [5.41, 5.74) is 3.81. The topological polar surface area (TPSA) is 30.0 Å². The number of para-hydroxylation sites is 1. The van der Waals surface area contributed by atoms with Crippen molar-refractivity contribution in [2.75, 3.05) is 0 Å². The van der Waals surface area contributed by atoms with E-state index in [0.717, 1.165) is 28.4 Å². The molecule has 19 heavy (non-hydrogen) atoms. The van der Waals surface area contributed by atoms with Crippen LogP contribution in [0.3, 0.4) is 0 Å². The number of fused-ring (bicyclic) bond motifs is 1. The molecule has 2 nitrogen and oxygen atoms in total. The number of nitrogens with zero attached hydrogens (tertiary/aromatic N) is 1. The Morgan fingerprint density at radius 2 is 1.89 bits per heavy atom. The molecule has 0 amide bonds. The van der Waals surface area contributed by atoms with E-state index in [1.54, 1.807) is 0 Å². The predicted octanol–water partition coefficient (Wildman–Crippen LogP) is 4.47. The average Bonchev–Trinajstić information content (AvgIpc) is 2.35. The molecule has 1 aromatic carbocycles. The summed E-state index contributed by atoms with van der Waals surface area (Å²) in [6.07, 6.45) is 0.934. The molecule has 2 aromatic rings. The second-order valence-corrected chi connectivity index (χ2v) is 6.36. The molecule has 0 unspecified atom stereocenters. The zero-order valence-electron chi connectivity index (χ0n) is 12.3. The van der Waals surface area contributed by atoms with Gasteiger partial charge in [-0.15, -0.1) is 0 Å². The van der Waals surface area contributed by atoms with Crippen LogP contribution in [0.1, 0.15) is 62.2 Å². The van der Waals surface area contributed by atoms with Gasteiger partial charge in [-0.25, -0.2) is 0 Å². The summed E-state index contributed by atoms with van der Waals surface area (Å²) in [5.74, 6) is 0.394. The van der Waals surface area contributed by atoms with Crippen molar-refractivity contribution in [3.05, 3.63) is 41.1 Å². The van der Waals surface area contributed by atoms with Crippen LogP contribution in [0.15, 0.2) is 24.3 Å². The van der Waals surface area contributed by atoms with Crippen molar-refractivity contribution < 1.29 is 4.79 Å². The Bertz CT molecular complexity index is 621. The molecule has 2 heteroatoms. The van der Waals surface area contributed by atoms with E-state index in [1.165, 1.54) is 5.56 Å². The van der Waals surface area contributed by atoms with Crippen molar-refractivity contribution in [3.8, 4) is 0 Å². The number of hydrogen-bond acceptors (Lipinski definition) is 2. The van der Waals surface area contributed by atoms with Crippen LogP contribution in [0, 0.1) is 0 Å². The second-order valence-electron chi connectivity index (χ2n) is 6.36. The molecule has 0 bridgehead atoms. The summed E-state index contributed by atoms with van der Waals surface area (Å²) in [5, 5.41) is 0.953. The van der Waals surface area contributed by atoms with Gasteiger partial charge in [0.15, 0.2) is 6.29 Å². The number of benzene rings is 1. The fourth-order valence-electron chi connectivity index (χ4n) is 2.24. The van der Waals surface area contributed by atoms with E-state index in [0.29, 0.717) is 5.92 Å². The smallest absolute Gasteiger partial charge is 0.150 e. The lowest BCUT2D eigenvalue weighted by Gasteiger charge is -2.20. The Labute approximate surface area is 114 Å². The van der Waals surface area contributed by atoms with Crippen LogP contribution in [0.4, 0.5) is 0 Å². The molecule has 0 radical (unpaired) electrons. The Balaban J connectivity index is 2.86. The maximum absolute atomic E-state index is 11.4. The first-order valence-corrected chi connectivity index (χ1v) is 6.74. The van der Waals surface area contributed by atoms with Gasteiger partial charge in [-0.2, -0.15) is 0 Å². The van der Waals surface area contributed by atoms with Crippen LogP contribution in [-0.4, -0.2) is 11.3 Å². The molecule has 1 aromatic heterocycles. The number of carbonyl (C=O) groups excluding carboxylic acids is 1. The molecule has 0 N–H and O–H groups in total. The highest BCUT2D eigenvalue weighted by molar-refractivity contribution is 5.98. The molecule has 0 spiro atoms. The van der Waals surface area contributed by atoms with E-state index < -0.39 is 0 Å². The minimum Gasteiger partial charge on any atom is -0.298 e. The minimum absolute atomic E-state index is 0.0595. The van der Waals surface area contributed by atoms with Crippen molar-refractivity contribution in [2.24, 2.45) is 0 Å². The highest BCUT2D eigenvalue weighted by atomic mass is 16.1. The number of aldehydes is 1. The van der Waals surface area contributed by atoms with E-state index >= 15 is 0 Å². The molecule has 2 rings (SSSR count). The largest absolute Gasteiger partial charge is 0.298 e. The quantitative estimate of drug-likeness (QED) is 0.741. The first-order valence-electron chi connectivity index (χ1n) is 6.74. The Hall–Kier alpha value is -1.70. The van der Waals surface area contributed by atoms with Crippen LogP contribution in [-0.2, 0) is 5.41 Å². The molecule has 0 saturated heterocycles. The number of rotatable bonds is 2. The highest BCUT2D eigenvalue weighted by Crippen LogP contribution is 2.29. The van der Waals surface area contributed by atoms with E-state index in [1.807, 2.05) is 18.2 Å². The third kappa shape index (κ3) is 2.53.